The quantitative estimate of drug-likeness (QED) is 0.911. The van der Waals surface area contributed by atoms with Crippen molar-refractivity contribution >= 4 is 0 Å². The zero-order chi connectivity index (χ0) is 14.9. The highest BCUT2D eigenvalue weighted by molar-refractivity contribution is 5.46. The summed E-state index contributed by atoms with van der Waals surface area (Å²) in [7, 11) is 0. The summed E-state index contributed by atoms with van der Waals surface area (Å²) < 4.78 is 6.46. The predicted octanol–water partition coefficient (Wildman–Crippen LogP) is 4.18. The van der Waals surface area contributed by atoms with Gasteiger partial charge >= 0.3 is 0 Å². The first-order valence-corrected chi connectivity index (χ1v) is 7.70. The highest BCUT2D eigenvalue weighted by Crippen LogP contribution is 2.51. The van der Waals surface area contributed by atoms with Crippen molar-refractivity contribution < 1.29 is 9.84 Å². The minimum absolute atomic E-state index is 0.257. The second-order valence-corrected chi connectivity index (χ2v) is 5.81. The SMILES string of the molecule is CCC[C@@]1(c2ccccc2)O[C@H]([C@@H](C)O)c2ccccc21. The predicted molar refractivity (Wildman–Crippen MR) is 84.1 cm³/mol. The molecule has 0 fully saturated rings. The lowest BCUT2D eigenvalue weighted by atomic mass is 9.82. The van der Waals surface area contributed by atoms with E-state index in [1.165, 1.54) is 11.1 Å². The molecule has 1 aliphatic rings. The van der Waals surface area contributed by atoms with Crippen LogP contribution in [0.15, 0.2) is 54.6 Å². The highest BCUT2D eigenvalue weighted by Gasteiger charge is 2.46. The molecule has 0 bridgehead atoms. The first-order chi connectivity index (χ1) is 10.2. The van der Waals surface area contributed by atoms with Gasteiger partial charge in [0, 0.05) is 0 Å². The molecule has 2 aromatic carbocycles. The van der Waals surface area contributed by atoms with Gasteiger partial charge < -0.3 is 9.84 Å². The van der Waals surface area contributed by atoms with Crippen LogP contribution in [0.1, 0.15) is 49.5 Å². The van der Waals surface area contributed by atoms with Crippen LogP contribution in [-0.4, -0.2) is 11.2 Å². The Balaban J connectivity index is 2.18. The van der Waals surface area contributed by atoms with Gasteiger partial charge in [0.05, 0.1) is 6.10 Å². The summed E-state index contributed by atoms with van der Waals surface area (Å²) in [5.74, 6) is 0. The van der Waals surface area contributed by atoms with E-state index in [0.29, 0.717) is 0 Å². The van der Waals surface area contributed by atoms with Gasteiger partial charge in [-0.2, -0.15) is 0 Å². The van der Waals surface area contributed by atoms with Gasteiger partial charge in [0.25, 0.3) is 0 Å². The molecular weight excluding hydrogens is 260 g/mol. The molecule has 0 radical (unpaired) electrons. The Hall–Kier alpha value is -1.64. The van der Waals surface area contributed by atoms with E-state index in [0.717, 1.165) is 18.4 Å². The van der Waals surface area contributed by atoms with E-state index in [9.17, 15) is 5.11 Å². The maximum absolute atomic E-state index is 10.1. The number of hydrogen-bond donors (Lipinski definition) is 1. The van der Waals surface area contributed by atoms with Gasteiger partial charge in [-0.15, -0.1) is 0 Å². The summed E-state index contributed by atoms with van der Waals surface area (Å²) in [6.07, 6.45) is 1.16. The van der Waals surface area contributed by atoms with Crippen LogP contribution in [0.3, 0.4) is 0 Å². The van der Waals surface area contributed by atoms with Gasteiger partial charge in [-0.05, 0) is 30.0 Å². The van der Waals surface area contributed by atoms with E-state index in [1.54, 1.807) is 6.92 Å². The van der Waals surface area contributed by atoms with Gasteiger partial charge in [-0.25, -0.2) is 0 Å². The van der Waals surface area contributed by atoms with E-state index in [2.05, 4.69) is 49.4 Å². The molecule has 0 aromatic heterocycles. The second kappa shape index (κ2) is 5.63. The van der Waals surface area contributed by atoms with Crippen molar-refractivity contribution in [1.82, 2.24) is 0 Å². The molecule has 1 aliphatic heterocycles. The Labute approximate surface area is 126 Å². The fourth-order valence-corrected chi connectivity index (χ4v) is 3.44. The van der Waals surface area contributed by atoms with Crippen molar-refractivity contribution in [1.29, 1.82) is 0 Å². The number of hydrogen-bond acceptors (Lipinski definition) is 2. The molecule has 0 spiro atoms. The van der Waals surface area contributed by atoms with Crippen molar-refractivity contribution in [2.75, 3.05) is 0 Å². The molecule has 21 heavy (non-hydrogen) atoms. The molecule has 3 atom stereocenters. The third-order valence-corrected chi connectivity index (χ3v) is 4.31. The Morgan fingerprint density at radius 2 is 1.76 bits per heavy atom. The van der Waals surface area contributed by atoms with Gasteiger partial charge in [0.1, 0.15) is 11.7 Å². The molecule has 1 N–H and O–H groups in total. The number of rotatable bonds is 4. The van der Waals surface area contributed by atoms with Crippen LogP contribution in [0, 0.1) is 0 Å². The van der Waals surface area contributed by atoms with Crippen LogP contribution < -0.4 is 0 Å². The molecule has 0 aliphatic carbocycles. The zero-order valence-corrected chi connectivity index (χ0v) is 12.6. The molecule has 2 aromatic rings. The van der Waals surface area contributed by atoms with Gasteiger partial charge in [-0.3, -0.25) is 0 Å². The summed E-state index contributed by atoms with van der Waals surface area (Å²) in [6.45, 7) is 3.97. The standard InChI is InChI=1S/C19H22O2/c1-3-13-19(15-9-5-4-6-10-15)17-12-8-7-11-16(17)18(21-19)14(2)20/h4-12,14,18,20H,3,13H2,1-2H3/t14-,18-,19+/m1/s1. The van der Waals surface area contributed by atoms with Gasteiger partial charge in [0.2, 0.25) is 0 Å². The summed E-state index contributed by atoms with van der Waals surface area (Å²) in [6, 6.07) is 18.7. The average molecular weight is 282 g/mol. The van der Waals surface area contributed by atoms with Crippen LogP contribution in [0.4, 0.5) is 0 Å². The van der Waals surface area contributed by atoms with Crippen LogP contribution in [0.25, 0.3) is 0 Å². The van der Waals surface area contributed by atoms with E-state index in [-0.39, 0.29) is 6.10 Å². The van der Waals surface area contributed by atoms with Crippen LogP contribution in [0.2, 0.25) is 0 Å². The van der Waals surface area contributed by atoms with Crippen molar-refractivity contribution in [3.05, 3.63) is 71.3 Å². The molecule has 0 saturated carbocycles. The van der Waals surface area contributed by atoms with Crippen molar-refractivity contribution in [3.8, 4) is 0 Å². The molecule has 110 valence electrons. The number of fused-ring (bicyclic) bond motifs is 1. The maximum atomic E-state index is 10.1. The number of aliphatic hydroxyl groups excluding tert-OH is 1. The number of benzene rings is 2. The van der Waals surface area contributed by atoms with Gasteiger partial charge in [-0.1, -0.05) is 67.9 Å². The lowest BCUT2D eigenvalue weighted by Crippen LogP contribution is -2.28. The molecule has 3 rings (SSSR count). The second-order valence-electron chi connectivity index (χ2n) is 5.81. The first kappa shape index (κ1) is 14.3. The Morgan fingerprint density at radius 3 is 2.43 bits per heavy atom. The smallest absolute Gasteiger partial charge is 0.119 e. The lowest BCUT2D eigenvalue weighted by molar-refractivity contribution is -0.0994. The summed E-state index contributed by atoms with van der Waals surface area (Å²) in [4.78, 5) is 0. The third-order valence-electron chi connectivity index (χ3n) is 4.31. The van der Waals surface area contributed by atoms with Crippen molar-refractivity contribution in [2.45, 2.75) is 44.5 Å². The van der Waals surface area contributed by atoms with Crippen molar-refractivity contribution in [2.24, 2.45) is 0 Å². The van der Waals surface area contributed by atoms with Crippen LogP contribution in [-0.2, 0) is 10.3 Å². The fraction of sp³-hybridized carbons (Fsp3) is 0.368. The molecule has 2 heteroatoms. The van der Waals surface area contributed by atoms with E-state index >= 15 is 0 Å². The third kappa shape index (κ3) is 2.29. The molecule has 0 amide bonds. The highest BCUT2D eigenvalue weighted by atomic mass is 16.5. The first-order valence-electron chi connectivity index (χ1n) is 7.70. The van der Waals surface area contributed by atoms with E-state index in [4.69, 9.17) is 4.74 Å². The summed E-state index contributed by atoms with van der Waals surface area (Å²) >= 11 is 0. The Morgan fingerprint density at radius 1 is 1.10 bits per heavy atom. The molecule has 1 heterocycles. The number of ether oxygens (including phenoxy) is 1. The summed E-state index contributed by atoms with van der Waals surface area (Å²) in [5.41, 5.74) is 3.05. The normalized spacial score (nSPS) is 25.6. The van der Waals surface area contributed by atoms with E-state index in [1.807, 2.05) is 12.1 Å². The number of aliphatic hydroxyl groups is 1. The minimum atomic E-state index is -0.520. The fourth-order valence-electron chi connectivity index (χ4n) is 3.44. The minimum Gasteiger partial charge on any atom is -0.390 e. The largest absolute Gasteiger partial charge is 0.390 e. The molecule has 0 unspecified atom stereocenters. The monoisotopic (exact) mass is 282 g/mol. The van der Waals surface area contributed by atoms with Crippen LogP contribution in [0.5, 0.6) is 0 Å². The molecule has 2 nitrogen and oxygen atoms in total. The molecule has 0 saturated heterocycles. The van der Waals surface area contributed by atoms with Crippen molar-refractivity contribution in [3.63, 3.8) is 0 Å². The maximum Gasteiger partial charge on any atom is 0.119 e. The lowest BCUT2D eigenvalue weighted by Gasteiger charge is -2.31. The molecular formula is C19H22O2. The topological polar surface area (TPSA) is 29.5 Å². The van der Waals surface area contributed by atoms with E-state index < -0.39 is 11.7 Å². The van der Waals surface area contributed by atoms with Gasteiger partial charge in [0.15, 0.2) is 0 Å². The summed E-state index contributed by atoms with van der Waals surface area (Å²) in [5, 5.41) is 10.1. The average Bonchev–Trinajstić information content (AvgIpc) is 2.85. The Kier molecular flexibility index (Phi) is 3.83. The Bertz CT molecular complexity index is 606. The zero-order valence-electron chi connectivity index (χ0n) is 12.6. The van der Waals surface area contributed by atoms with Crippen LogP contribution >= 0.6 is 0 Å².